The molecule has 2 rings (SSSR count). The van der Waals surface area contributed by atoms with Crippen LogP contribution < -0.4 is 10.6 Å². The van der Waals surface area contributed by atoms with E-state index in [1.807, 2.05) is 13.0 Å². The summed E-state index contributed by atoms with van der Waals surface area (Å²) in [7, 11) is 0. The Balaban J connectivity index is 1.95. The molecule has 0 unspecified atom stereocenters. The number of aryl methyl sites for hydroxylation is 1. The van der Waals surface area contributed by atoms with Crippen LogP contribution in [-0.4, -0.2) is 25.2 Å². The number of furan rings is 1. The van der Waals surface area contributed by atoms with Crippen LogP contribution in [0.3, 0.4) is 0 Å². The third-order valence-electron chi connectivity index (χ3n) is 2.72. The fourth-order valence-corrected chi connectivity index (χ4v) is 1.77. The van der Waals surface area contributed by atoms with Gasteiger partial charge in [-0.1, -0.05) is 0 Å². The molecule has 0 spiro atoms. The second kappa shape index (κ2) is 6.10. The molecular weight excluding hydrogens is 260 g/mol. The molecule has 6 nitrogen and oxygen atoms in total. The highest BCUT2D eigenvalue weighted by Gasteiger charge is 2.08. The molecule has 0 aliphatic carbocycles. The van der Waals surface area contributed by atoms with E-state index in [0.29, 0.717) is 5.69 Å². The van der Waals surface area contributed by atoms with Gasteiger partial charge in [0.15, 0.2) is 0 Å². The molecule has 1 aromatic carbocycles. The van der Waals surface area contributed by atoms with E-state index in [1.165, 1.54) is 0 Å². The van der Waals surface area contributed by atoms with Crippen LogP contribution in [0.2, 0.25) is 0 Å². The van der Waals surface area contributed by atoms with Crippen molar-refractivity contribution in [2.24, 2.45) is 0 Å². The summed E-state index contributed by atoms with van der Waals surface area (Å²) in [5.41, 5.74) is 2.42. The van der Waals surface area contributed by atoms with Crippen molar-refractivity contribution in [3.8, 4) is 0 Å². The zero-order valence-corrected chi connectivity index (χ0v) is 11.4. The van der Waals surface area contributed by atoms with Gasteiger partial charge in [0.25, 0.3) is 0 Å². The minimum Gasteiger partial charge on any atom is -0.464 e. The molecule has 0 radical (unpaired) electrons. The maximum absolute atomic E-state index is 11.7. The lowest BCUT2D eigenvalue weighted by Gasteiger charge is -2.07. The fourth-order valence-electron chi connectivity index (χ4n) is 1.77. The van der Waals surface area contributed by atoms with Crippen molar-refractivity contribution in [2.45, 2.75) is 13.8 Å². The van der Waals surface area contributed by atoms with Crippen LogP contribution in [0.25, 0.3) is 11.0 Å². The van der Waals surface area contributed by atoms with Gasteiger partial charge in [0.2, 0.25) is 5.91 Å². The second-order valence-electron chi connectivity index (χ2n) is 4.25. The molecule has 1 heterocycles. The van der Waals surface area contributed by atoms with Gasteiger partial charge in [-0.25, -0.2) is 4.79 Å². The normalized spacial score (nSPS) is 10.3. The van der Waals surface area contributed by atoms with Gasteiger partial charge in [-0.3, -0.25) is 4.79 Å². The van der Waals surface area contributed by atoms with Gasteiger partial charge < -0.3 is 19.8 Å². The number of hydrogen-bond donors (Lipinski definition) is 2. The minimum absolute atomic E-state index is 0.138. The topological polar surface area (TPSA) is 80.6 Å². The highest BCUT2D eigenvalue weighted by Crippen LogP contribution is 2.23. The van der Waals surface area contributed by atoms with Gasteiger partial charge in [-0.2, -0.15) is 0 Å². The Labute approximate surface area is 116 Å². The predicted molar refractivity (Wildman–Crippen MR) is 74.6 cm³/mol. The van der Waals surface area contributed by atoms with Crippen LogP contribution in [-0.2, 0) is 9.53 Å². The Hall–Kier alpha value is -2.50. The number of carbonyl (C=O) groups is 2. The Morgan fingerprint density at radius 2 is 2.15 bits per heavy atom. The summed E-state index contributed by atoms with van der Waals surface area (Å²) in [4.78, 5) is 22.7. The van der Waals surface area contributed by atoms with E-state index >= 15 is 0 Å². The van der Waals surface area contributed by atoms with Crippen molar-refractivity contribution < 1.29 is 18.7 Å². The first-order valence-electron chi connectivity index (χ1n) is 6.28. The largest absolute Gasteiger partial charge is 0.464 e. The van der Waals surface area contributed by atoms with Gasteiger partial charge >= 0.3 is 6.09 Å². The van der Waals surface area contributed by atoms with Gasteiger partial charge in [-0.15, -0.1) is 0 Å². The van der Waals surface area contributed by atoms with Crippen LogP contribution >= 0.6 is 0 Å². The molecule has 2 amide bonds. The van der Waals surface area contributed by atoms with Crippen LogP contribution in [0.1, 0.15) is 12.5 Å². The summed E-state index contributed by atoms with van der Waals surface area (Å²) in [5.74, 6) is -0.321. The molecular formula is C14H16N2O4. The second-order valence-corrected chi connectivity index (χ2v) is 4.25. The van der Waals surface area contributed by atoms with Gasteiger partial charge in [-0.05, 0) is 37.6 Å². The number of benzene rings is 1. The van der Waals surface area contributed by atoms with Crippen molar-refractivity contribution in [3.05, 3.63) is 30.0 Å². The molecule has 0 aliphatic rings. The zero-order valence-electron chi connectivity index (χ0n) is 11.4. The summed E-state index contributed by atoms with van der Waals surface area (Å²) >= 11 is 0. The number of alkyl carbamates (subject to hydrolysis) is 1. The number of ether oxygens (including phenoxy) is 1. The molecule has 0 saturated heterocycles. The van der Waals surface area contributed by atoms with Crippen LogP contribution in [0.4, 0.5) is 10.5 Å². The van der Waals surface area contributed by atoms with Crippen molar-refractivity contribution in [1.82, 2.24) is 5.32 Å². The summed E-state index contributed by atoms with van der Waals surface area (Å²) in [5, 5.41) is 6.00. The van der Waals surface area contributed by atoms with E-state index in [4.69, 9.17) is 4.42 Å². The summed E-state index contributed by atoms with van der Waals surface area (Å²) in [6.07, 6.45) is 1.06. The van der Waals surface area contributed by atoms with Crippen LogP contribution in [0, 0.1) is 6.92 Å². The molecule has 0 saturated carbocycles. The molecule has 2 aromatic rings. The standard InChI is InChI=1S/C14H16N2O4/c1-3-19-14(18)15-7-13(17)16-10-4-5-12-11(6-10)9(2)8-20-12/h4-6,8H,3,7H2,1-2H3,(H,15,18)(H,16,17). The van der Waals surface area contributed by atoms with Gasteiger partial charge in [0, 0.05) is 11.1 Å². The number of amides is 2. The molecule has 20 heavy (non-hydrogen) atoms. The van der Waals surface area contributed by atoms with Crippen LogP contribution in [0.15, 0.2) is 28.9 Å². The lowest BCUT2D eigenvalue weighted by Crippen LogP contribution is -2.33. The molecule has 1 aromatic heterocycles. The Bertz CT molecular complexity index is 633. The highest BCUT2D eigenvalue weighted by molar-refractivity contribution is 5.96. The maximum Gasteiger partial charge on any atom is 0.407 e. The molecule has 2 N–H and O–H groups in total. The minimum atomic E-state index is -0.608. The van der Waals surface area contributed by atoms with E-state index in [0.717, 1.165) is 16.5 Å². The number of anilines is 1. The Morgan fingerprint density at radius 1 is 1.35 bits per heavy atom. The third kappa shape index (κ3) is 3.28. The van der Waals surface area contributed by atoms with Crippen molar-refractivity contribution in [3.63, 3.8) is 0 Å². The summed E-state index contributed by atoms with van der Waals surface area (Å²) in [6, 6.07) is 5.36. The average molecular weight is 276 g/mol. The van der Waals surface area contributed by atoms with E-state index in [9.17, 15) is 9.59 Å². The van der Waals surface area contributed by atoms with Crippen molar-refractivity contribution in [2.75, 3.05) is 18.5 Å². The van der Waals surface area contributed by atoms with Crippen molar-refractivity contribution >= 4 is 28.7 Å². The average Bonchev–Trinajstić information content (AvgIpc) is 2.78. The first-order valence-corrected chi connectivity index (χ1v) is 6.28. The molecule has 0 aliphatic heterocycles. The lowest BCUT2D eigenvalue weighted by molar-refractivity contribution is -0.115. The quantitative estimate of drug-likeness (QED) is 0.898. The summed E-state index contributed by atoms with van der Waals surface area (Å²) < 4.78 is 9.99. The third-order valence-corrected chi connectivity index (χ3v) is 2.72. The van der Waals surface area contributed by atoms with Crippen molar-refractivity contribution in [1.29, 1.82) is 0 Å². The van der Waals surface area contributed by atoms with E-state index < -0.39 is 6.09 Å². The zero-order chi connectivity index (χ0) is 14.5. The monoisotopic (exact) mass is 276 g/mol. The Morgan fingerprint density at radius 3 is 2.90 bits per heavy atom. The number of fused-ring (bicyclic) bond motifs is 1. The first kappa shape index (κ1) is 13.9. The Kier molecular flexibility index (Phi) is 4.24. The number of nitrogens with one attached hydrogen (secondary N) is 2. The van der Waals surface area contributed by atoms with E-state index in [-0.39, 0.29) is 19.1 Å². The van der Waals surface area contributed by atoms with E-state index in [2.05, 4.69) is 15.4 Å². The van der Waals surface area contributed by atoms with Crippen LogP contribution in [0.5, 0.6) is 0 Å². The van der Waals surface area contributed by atoms with Gasteiger partial charge in [0.1, 0.15) is 12.1 Å². The number of carbonyl (C=O) groups excluding carboxylic acids is 2. The molecule has 0 fully saturated rings. The fraction of sp³-hybridized carbons (Fsp3) is 0.286. The number of hydrogen-bond acceptors (Lipinski definition) is 4. The van der Waals surface area contributed by atoms with Gasteiger partial charge in [0.05, 0.1) is 12.9 Å². The highest BCUT2D eigenvalue weighted by atomic mass is 16.5. The first-order chi connectivity index (χ1) is 9.60. The predicted octanol–water partition coefficient (Wildman–Crippen LogP) is 2.43. The molecule has 0 bridgehead atoms. The number of rotatable bonds is 4. The molecule has 106 valence electrons. The lowest BCUT2D eigenvalue weighted by atomic mass is 10.2. The smallest absolute Gasteiger partial charge is 0.407 e. The molecule has 6 heteroatoms. The molecule has 0 atom stereocenters. The summed E-state index contributed by atoms with van der Waals surface area (Å²) in [6.45, 7) is 3.76. The maximum atomic E-state index is 11.7. The SMILES string of the molecule is CCOC(=O)NCC(=O)Nc1ccc2occ(C)c2c1. The van der Waals surface area contributed by atoms with E-state index in [1.54, 1.807) is 25.3 Å².